The van der Waals surface area contributed by atoms with Gasteiger partial charge in [0.25, 0.3) is 0 Å². The first kappa shape index (κ1) is 22.7. The summed E-state index contributed by atoms with van der Waals surface area (Å²) in [5, 5.41) is 13.9. The van der Waals surface area contributed by atoms with E-state index in [0.29, 0.717) is 19.4 Å². The molecule has 0 aromatic heterocycles. The number of aliphatic carboxylic acids is 1. The Morgan fingerprint density at radius 3 is 2.21 bits per heavy atom. The third kappa shape index (κ3) is 8.54. The van der Waals surface area contributed by atoms with E-state index in [1.165, 1.54) is 0 Å². The maximum Gasteiger partial charge on any atom is 0.327 e. The molecule has 24 heavy (non-hydrogen) atoms. The fourth-order valence-corrected chi connectivity index (χ4v) is 2.22. The number of amides is 2. The van der Waals surface area contributed by atoms with Crippen molar-refractivity contribution in [1.82, 2.24) is 10.6 Å². The molecule has 0 fully saturated rings. The average Bonchev–Trinajstić information content (AvgIpc) is 2.49. The van der Waals surface area contributed by atoms with Gasteiger partial charge in [-0.1, -0.05) is 13.8 Å². The Morgan fingerprint density at radius 1 is 1.17 bits per heavy atom. The highest BCUT2D eigenvalue weighted by atomic mass is 32.1. The normalized spacial score (nSPS) is 13.2. The Hall–Kier alpha value is -1.28. The lowest BCUT2D eigenvalue weighted by Gasteiger charge is -2.28. The minimum absolute atomic E-state index is 0.0372. The molecule has 7 nitrogen and oxygen atoms in total. The van der Waals surface area contributed by atoms with Crippen molar-refractivity contribution < 1.29 is 24.2 Å². The summed E-state index contributed by atoms with van der Waals surface area (Å²) in [6, 6.07) is -0.988. The van der Waals surface area contributed by atoms with Crippen molar-refractivity contribution in [3.05, 3.63) is 0 Å². The number of hydrogen-bond donors (Lipinski definition) is 4. The smallest absolute Gasteiger partial charge is 0.327 e. The van der Waals surface area contributed by atoms with Crippen LogP contribution in [0.5, 0.6) is 0 Å². The van der Waals surface area contributed by atoms with Gasteiger partial charge in [-0.05, 0) is 26.7 Å². The number of carbonyl (C=O) groups excluding carboxylic acids is 2. The molecule has 0 aliphatic heterocycles. The second-order valence-corrected chi connectivity index (χ2v) is 7.33. The average molecular weight is 362 g/mol. The Balaban J connectivity index is 4.29. The molecule has 0 saturated carbocycles. The molecule has 0 aliphatic carbocycles. The summed E-state index contributed by atoms with van der Waals surface area (Å²) in [5.41, 5.74) is -1.07. The van der Waals surface area contributed by atoms with Crippen LogP contribution in [0.1, 0.15) is 47.0 Å². The van der Waals surface area contributed by atoms with Gasteiger partial charge in [-0.25, -0.2) is 4.79 Å². The molecule has 1 atom stereocenters. The summed E-state index contributed by atoms with van der Waals surface area (Å²) < 4.78 is 5.80. The zero-order valence-electron chi connectivity index (χ0n) is 15.1. The van der Waals surface area contributed by atoms with Crippen LogP contribution in [0, 0.1) is 5.41 Å². The van der Waals surface area contributed by atoms with Gasteiger partial charge in [-0.15, -0.1) is 0 Å². The third-order valence-electron chi connectivity index (χ3n) is 3.83. The van der Waals surface area contributed by atoms with E-state index in [9.17, 15) is 14.4 Å². The van der Waals surface area contributed by atoms with Crippen LogP contribution in [0.3, 0.4) is 0 Å². The molecule has 140 valence electrons. The van der Waals surface area contributed by atoms with E-state index in [4.69, 9.17) is 9.84 Å². The highest BCUT2D eigenvalue weighted by Crippen LogP contribution is 2.23. The molecule has 0 aliphatic rings. The number of rotatable bonds is 11. The van der Waals surface area contributed by atoms with Gasteiger partial charge in [0, 0.05) is 31.2 Å². The zero-order valence-corrected chi connectivity index (χ0v) is 16.0. The fraction of sp³-hybridized carbons (Fsp3) is 0.812. The highest BCUT2D eigenvalue weighted by molar-refractivity contribution is 7.80. The highest BCUT2D eigenvalue weighted by Gasteiger charge is 2.28. The van der Waals surface area contributed by atoms with Gasteiger partial charge in [0.05, 0.1) is 5.60 Å². The number of carboxylic acid groups (broad SMARTS) is 1. The van der Waals surface area contributed by atoms with Crippen LogP contribution < -0.4 is 10.6 Å². The molecule has 0 aromatic carbocycles. The van der Waals surface area contributed by atoms with Gasteiger partial charge in [0.1, 0.15) is 6.04 Å². The summed E-state index contributed by atoms with van der Waals surface area (Å²) in [5.74, 6) is -1.46. The lowest BCUT2D eigenvalue weighted by molar-refractivity contribution is -0.141. The first-order valence-electron chi connectivity index (χ1n) is 7.94. The monoisotopic (exact) mass is 362 g/mol. The SMILES string of the molecule is CNC(=O)C(C)(C)CCOC(C)(C)CCC(=O)NC(CS)C(=O)O. The van der Waals surface area contributed by atoms with E-state index in [1.54, 1.807) is 7.05 Å². The largest absolute Gasteiger partial charge is 0.480 e. The maximum atomic E-state index is 11.8. The van der Waals surface area contributed by atoms with E-state index in [2.05, 4.69) is 23.3 Å². The summed E-state index contributed by atoms with van der Waals surface area (Å²) >= 11 is 3.90. The molecule has 0 saturated heterocycles. The summed E-state index contributed by atoms with van der Waals surface area (Å²) in [4.78, 5) is 34.4. The predicted molar refractivity (Wildman–Crippen MR) is 95.1 cm³/mol. The van der Waals surface area contributed by atoms with Gasteiger partial charge in [-0.3, -0.25) is 9.59 Å². The molecule has 0 radical (unpaired) electrons. The van der Waals surface area contributed by atoms with Crippen LogP contribution in [0.2, 0.25) is 0 Å². The van der Waals surface area contributed by atoms with Gasteiger partial charge in [-0.2, -0.15) is 12.6 Å². The summed E-state index contributed by atoms with van der Waals surface area (Å²) in [6.07, 6.45) is 1.16. The van der Waals surface area contributed by atoms with Crippen LogP contribution in [0.25, 0.3) is 0 Å². The predicted octanol–water partition coefficient (Wildman–Crippen LogP) is 1.22. The topological polar surface area (TPSA) is 105 Å². The molecule has 8 heteroatoms. The van der Waals surface area contributed by atoms with Gasteiger partial charge >= 0.3 is 5.97 Å². The standard InChI is InChI=1S/C16H30N2O5S/c1-15(2,14(22)17-5)8-9-23-16(3,4)7-6-12(19)18-11(10-24)13(20)21/h11,24H,6-10H2,1-5H3,(H,17,22)(H,18,19)(H,20,21). The Kier molecular flexibility index (Phi) is 9.35. The van der Waals surface area contributed by atoms with Crippen LogP contribution in [0.15, 0.2) is 0 Å². The number of nitrogens with one attached hydrogen (secondary N) is 2. The minimum Gasteiger partial charge on any atom is -0.480 e. The van der Waals surface area contributed by atoms with Crippen molar-refractivity contribution >= 4 is 30.4 Å². The Labute approximate surface area is 149 Å². The van der Waals surface area contributed by atoms with E-state index in [1.807, 2.05) is 27.7 Å². The van der Waals surface area contributed by atoms with Crippen molar-refractivity contribution in [3.8, 4) is 0 Å². The molecule has 0 rings (SSSR count). The molecule has 3 N–H and O–H groups in total. The quantitative estimate of drug-likeness (QED) is 0.414. The fourth-order valence-electron chi connectivity index (χ4n) is 1.97. The van der Waals surface area contributed by atoms with Crippen LogP contribution in [0.4, 0.5) is 0 Å². The van der Waals surface area contributed by atoms with Crippen molar-refractivity contribution in [1.29, 1.82) is 0 Å². The van der Waals surface area contributed by atoms with E-state index < -0.39 is 23.0 Å². The van der Waals surface area contributed by atoms with Gasteiger partial charge in [0.2, 0.25) is 11.8 Å². The molecular weight excluding hydrogens is 332 g/mol. The lowest BCUT2D eigenvalue weighted by atomic mass is 9.88. The number of carbonyl (C=O) groups is 3. The molecule has 0 bridgehead atoms. The zero-order chi connectivity index (χ0) is 19.0. The van der Waals surface area contributed by atoms with Crippen molar-refractivity contribution in [2.45, 2.75) is 58.6 Å². The van der Waals surface area contributed by atoms with Crippen LogP contribution in [-0.2, 0) is 19.1 Å². The molecule has 0 spiro atoms. The van der Waals surface area contributed by atoms with Gasteiger partial charge < -0.3 is 20.5 Å². The second kappa shape index (κ2) is 9.88. The molecule has 0 heterocycles. The Bertz CT molecular complexity index is 452. The van der Waals surface area contributed by atoms with E-state index in [-0.39, 0.29) is 24.0 Å². The summed E-state index contributed by atoms with van der Waals surface area (Å²) in [7, 11) is 1.60. The number of hydrogen-bond acceptors (Lipinski definition) is 5. The molecule has 0 aromatic rings. The summed E-state index contributed by atoms with van der Waals surface area (Å²) in [6.45, 7) is 7.81. The van der Waals surface area contributed by atoms with Crippen molar-refractivity contribution in [2.75, 3.05) is 19.4 Å². The number of thiol groups is 1. The van der Waals surface area contributed by atoms with Crippen LogP contribution in [-0.4, -0.2) is 53.9 Å². The number of ether oxygens (including phenoxy) is 1. The molecule has 2 amide bonds. The van der Waals surface area contributed by atoms with Gasteiger partial charge in [0.15, 0.2) is 0 Å². The Morgan fingerprint density at radius 2 is 1.75 bits per heavy atom. The first-order valence-corrected chi connectivity index (χ1v) is 8.57. The molecule has 1 unspecified atom stereocenters. The van der Waals surface area contributed by atoms with Crippen molar-refractivity contribution in [3.63, 3.8) is 0 Å². The van der Waals surface area contributed by atoms with E-state index >= 15 is 0 Å². The first-order chi connectivity index (χ1) is 10.9. The number of carboxylic acids is 1. The third-order valence-corrected chi connectivity index (χ3v) is 4.20. The van der Waals surface area contributed by atoms with Crippen LogP contribution >= 0.6 is 12.6 Å². The minimum atomic E-state index is -1.11. The lowest BCUT2D eigenvalue weighted by Crippen LogP contribution is -2.42. The van der Waals surface area contributed by atoms with Crippen molar-refractivity contribution in [2.24, 2.45) is 5.41 Å². The second-order valence-electron chi connectivity index (χ2n) is 6.96. The van der Waals surface area contributed by atoms with E-state index in [0.717, 1.165) is 0 Å². The molecular formula is C16H30N2O5S. The maximum absolute atomic E-state index is 11.8.